The molecule has 1 saturated carbocycles. The van der Waals surface area contributed by atoms with E-state index in [-0.39, 0.29) is 0 Å². The van der Waals surface area contributed by atoms with E-state index in [4.69, 9.17) is 17.3 Å². The van der Waals surface area contributed by atoms with E-state index in [1.165, 1.54) is 38.5 Å². The Bertz CT molecular complexity index is 468. The molecular formula is C16H23ClN2O. The molecule has 0 aromatic heterocycles. The van der Waals surface area contributed by atoms with Crippen molar-refractivity contribution < 1.29 is 4.79 Å². The zero-order chi connectivity index (χ0) is 14.5. The Morgan fingerprint density at radius 1 is 1.35 bits per heavy atom. The van der Waals surface area contributed by atoms with Gasteiger partial charge >= 0.3 is 0 Å². The van der Waals surface area contributed by atoms with Crippen LogP contribution < -0.4 is 11.1 Å². The van der Waals surface area contributed by atoms with Crippen LogP contribution in [-0.2, 0) is 0 Å². The minimum absolute atomic E-state index is 0.385. The van der Waals surface area contributed by atoms with Gasteiger partial charge in [-0.15, -0.1) is 0 Å². The van der Waals surface area contributed by atoms with Gasteiger partial charge in [0.25, 0.3) is 0 Å². The number of nitrogens with two attached hydrogens (primary N) is 1. The molecule has 1 amide bonds. The van der Waals surface area contributed by atoms with E-state index in [2.05, 4.69) is 12.2 Å². The smallest absolute Gasteiger partial charge is 0.250 e. The second kappa shape index (κ2) is 6.98. The standard InChI is InChI=1S/C16H23ClN2O/c1-2-3-11-4-6-12(7-5-11)19-13-8-9-15(17)14(10-13)16(18)20/h8-12,19H,2-7H2,1H3,(H2,18,20). The molecule has 0 aliphatic heterocycles. The van der Waals surface area contributed by atoms with Gasteiger partial charge in [-0.05, 0) is 49.8 Å². The maximum Gasteiger partial charge on any atom is 0.250 e. The summed E-state index contributed by atoms with van der Waals surface area (Å²) in [6.07, 6.45) is 7.60. The Balaban J connectivity index is 1.94. The van der Waals surface area contributed by atoms with Crippen molar-refractivity contribution in [3.8, 4) is 0 Å². The number of rotatable bonds is 5. The lowest BCUT2D eigenvalue weighted by atomic mass is 9.83. The molecule has 2 rings (SSSR count). The topological polar surface area (TPSA) is 55.1 Å². The van der Waals surface area contributed by atoms with Crippen LogP contribution in [0.1, 0.15) is 55.8 Å². The Morgan fingerprint density at radius 3 is 2.65 bits per heavy atom. The monoisotopic (exact) mass is 294 g/mol. The molecule has 1 aromatic carbocycles. The molecule has 1 aliphatic carbocycles. The van der Waals surface area contributed by atoms with Crippen LogP contribution in [0.15, 0.2) is 18.2 Å². The van der Waals surface area contributed by atoms with Crippen LogP contribution in [0.4, 0.5) is 5.69 Å². The van der Waals surface area contributed by atoms with Gasteiger partial charge in [0.05, 0.1) is 10.6 Å². The lowest BCUT2D eigenvalue weighted by Gasteiger charge is -2.29. The third-order valence-electron chi connectivity index (χ3n) is 4.15. The number of carbonyl (C=O) groups excluding carboxylic acids is 1. The van der Waals surface area contributed by atoms with Crippen molar-refractivity contribution >= 4 is 23.2 Å². The summed E-state index contributed by atoms with van der Waals surface area (Å²) in [6, 6.07) is 5.88. The predicted octanol–water partition coefficient (Wildman–Crippen LogP) is 4.21. The summed E-state index contributed by atoms with van der Waals surface area (Å²) in [6.45, 7) is 2.25. The highest BCUT2D eigenvalue weighted by Crippen LogP contribution is 2.30. The first-order chi connectivity index (χ1) is 9.60. The summed E-state index contributed by atoms with van der Waals surface area (Å²) in [7, 11) is 0. The van der Waals surface area contributed by atoms with E-state index < -0.39 is 5.91 Å². The Labute approximate surface area is 125 Å². The normalized spacial score (nSPS) is 22.5. The molecule has 20 heavy (non-hydrogen) atoms. The molecule has 0 heterocycles. The first-order valence-electron chi connectivity index (χ1n) is 7.46. The highest BCUT2D eigenvalue weighted by molar-refractivity contribution is 6.33. The fourth-order valence-electron chi connectivity index (χ4n) is 3.04. The van der Waals surface area contributed by atoms with E-state index in [0.29, 0.717) is 16.6 Å². The van der Waals surface area contributed by atoms with Crippen molar-refractivity contribution in [1.82, 2.24) is 0 Å². The fourth-order valence-corrected chi connectivity index (χ4v) is 3.25. The van der Waals surface area contributed by atoms with Gasteiger partial charge < -0.3 is 11.1 Å². The number of amides is 1. The van der Waals surface area contributed by atoms with Crippen LogP contribution >= 0.6 is 11.6 Å². The third kappa shape index (κ3) is 3.89. The molecule has 1 aromatic rings. The minimum Gasteiger partial charge on any atom is -0.382 e. The number of carbonyl (C=O) groups is 1. The van der Waals surface area contributed by atoms with Crippen molar-refractivity contribution in [2.24, 2.45) is 11.7 Å². The zero-order valence-corrected chi connectivity index (χ0v) is 12.7. The third-order valence-corrected chi connectivity index (χ3v) is 4.48. The summed E-state index contributed by atoms with van der Waals surface area (Å²) in [4.78, 5) is 11.3. The maximum absolute atomic E-state index is 11.3. The Kier molecular flexibility index (Phi) is 5.30. The molecular weight excluding hydrogens is 272 g/mol. The summed E-state index contributed by atoms with van der Waals surface area (Å²) in [5, 5.41) is 3.91. The largest absolute Gasteiger partial charge is 0.382 e. The highest BCUT2D eigenvalue weighted by atomic mass is 35.5. The second-order valence-electron chi connectivity index (χ2n) is 5.71. The van der Waals surface area contributed by atoms with Gasteiger partial charge in [0.15, 0.2) is 0 Å². The summed E-state index contributed by atoms with van der Waals surface area (Å²) in [5.41, 5.74) is 6.64. The van der Waals surface area contributed by atoms with E-state index in [9.17, 15) is 4.79 Å². The van der Waals surface area contributed by atoms with Gasteiger partial charge in [-0.25, -0.2) is 0 Å². The van der Waals surface area contributed by atoms with E-state index in [1.54, 1.807) is 12.1 Å². The summed E-state index contributed by atoms with van der Waals surface area (Å²) in [5.74, 6) is 0.412. The molecule has 0 spiro atoms. The molecule has 0 radical (unpaired) electrons. The van der Waals surface area contributed by atoms with Crippen molar-refractivity contribution in [3.05, 3.63) is 28.8 Å². The lowest BCUT2D eigenvalue weighted by molar-refractivity contribution is 0.100. The molecule has 3 N–H and O–H groups in total. The fraction of sp³-hybridized carbons (Fsp3) is 0.562. The molecule has 0 saturated heterocycles. The number of hydrogen-bond donors (Lipinski definition) is 2. The Morgan fingerprint density at radius 2 is 2.05 bits per heavy atom. The van der Waals surface area contributed by atoms with Crippen LogP contribution in [0.25, 0.3) is 0 Å². The van der Waals surface area contributed by atoms with Crippen LogP contribution in [0.2, 0.25) is 5.02 Å². The van der Waals surface area contributed by atoms with Gasteiger partial charge in [0.2, 0.25) is 5.91 Å². The van der Waals surface area contributed by atoms with Crippen LogP contribution in [-0.4, -0.2) is 11.9 Å². The van der Waals surface area contributed by atoms with Crippen LogP contribution in [0.3, 0.4) is 0 Å². The lowest BCUT2D eigenvalue weighted by Crippen LogP contribution is -2.26. The van der Waals surface area contributed by atoms with E-state index in [0.717, 1.165) is 11.6 Å². The first kappa shape index (κ1) is 15.2. The summed E-state index contributed by atoms with van der Waals surface area (Å²) < 4.78 is 0. The van der Waals surface area contributed by atoms with Crippen molar-refractivity contribution in [2.45, 2.75) is 51.5 Å². The van der Waals surface area contributed by atoms with Crippen LogP contribution in [0, 0.1) is 5.92 Å². The van der Waals surface area contributed by atoms with E-state index >= 15 is 0 Å². The molecule has 1 aliphatic rings. The number of nitrogens with one attached hydrogen (secondary N) is 1. The maximum atomic E-state index is 11.3. The average molecular weight is 295 g/mol. The molecule has 1 fully saturated rings. The average Bonchev–Trinajstić information content (AvgIpc) is 2.43. The molecule has 4 heteroatoms. The number of anilines is 1. The highest BCUT2D eigenvalue weighted by Gasteiger charge is 2.20. The van der Waals surface area contributed by atoms with Crippen molar-refractivity contribution in [3.63, 3.8) is 0 Å². The molecule has 0 atom stereocenters. The van der Waals surface area contributed by atoms with E-state index in [1.807, 2.05) is 6.07 Å². The number of primary amides is 1. The molecule has 0 unspecified atom stereocenters. The van der Waals surface area contributed by atoms with Crippen molar-refractivity contribution in [1.29, 1.82) is 0 Å². The van der Waals surface area contributed by atoms with Gasteiger partial charge in [-0.1, -0.05) is 31.4 Å². The number of benzene rings is 1. The van der Waals surface area contributed by atoms with Gasteiger partial charge in [0.1, 0.15) is 0 Å². The predicted molar refractivity (Wildman–Crippen MR) is 84.2 cm³/mol. The molecule has 3 nitrogen and oxygen atoms in total. The molecule has 0 bridgehead atoms. The SMILES string of the molecule is CCCC1CCC(Nc2ccc(Cl)c(C(N)=O)c2)CC1. The van der Waals surface area contributed by atoms with Gasteiger partial charge in [-0.2, -0.15) is 0 Å². The zero-order valence-electron chi connectivity index (χ0n) is 12.0. The van der Waals surface area contributed by atoms with Gasteiger partial charge in [0, 0.05) is 11.7 Å². The van der Waals surface area contributed by atoms with Crippen LogP contribution in [0.5, 0.6) is 0 Å². The first-order valence-corrected chi connectivity index (χ1v) is 7.83. The number of hydrogen-bond acceptors (Lipinski definition) is 2. The second-order valence-corrected chi connectivity index (χ2v) is 6.12. The quantitative estimate of drug-likeness (QED) is 0.854. The van der Waals surface area contributed by atoms with Crippen molar-refractivity contribution in [2.75, 3.05) is 5.32 Å². The Hall–Kier alpha value is -1.22. The number of halogens is 1. The summed E-state index contributed by atoms with van der Waals surface area (Å²) >= 11 is 5.96. The minimum atomic E-state index is -0.481. The molecule has 110 valence electrons. The van der Waals surface area contributed by atoms with Gasteiger partial charge in [-0.3, -0.25) is 4.79 Å².